The zero-order chi connectivity index (χ0) is 29.2. The Morgan fingerprint density at radius 2 is 1.31 bits per heavy atom. The normalized spacial score (nSPS) is 15.9. The van der Waals surface area contributed by atoms with Crippen LogP contribution >= 0.6 is 30.5 Å². The van der Waals surface area contributed by atoms with Crippen molar-refractivity contribution in [2.24, 2.45) is 0 Å². The average Bonchev–Trinajstić information content (AvgIpc) is 3.80. The van der Waals surface area contributed by atoms with E-state index in [1.807, 2.05) is 71.4 Å². The van der Waals surface area contributed by atoms with Crippen LogP contribution in [0, 0.1) is 0 Å². The number of cyclic esters (lactones) is 1. The Bertz CT molecular complexity index is 1430. The summed E-state index contributed by atoms with van der Waals surface area (Å²) in [4.78, 5) is 14.8. The molecule has 1 aliphatic rings. The predicted molar refractivity (Wildman–Crippen MR) is 157 cm³/mol. The van der Waals surface area contributed by atoms with E-state index < -0.39 is 32.6 Å². The molecule has 0 fully saturated rings. The molecule has 0 radical (unpaired) electrons. The second-order valence-electron chi connectivity index (χ2n) is 9.05. The van der Waals surface area contributed by atoms with E-state index in [9.17, 15) is 14.5 Å². The molecule has 220 valence electrons. The summed E-state index contributed by atoms with van der Waals surface area (Å²) in [5, 5.41) is 14.2. The zero-order valence-electron chi connectivity index (χ0n) is 22.4. The molecule has 9 nitrogen and oxygen atoms in total. The number of aliphatic hydroxyl groups is 1. The van der Waals surface area contributed by atoms with Crippen molar-refractivity contribution in [3.05, 3.63) is 128 Å². The highest BCUT2D eigenvalue weighted by molar-refractivity contribution is 7.48. The maximum Gasteiger partial charge on any atom is 0.475 e. The number of aliphatic hydroxyl groups excluding tert-OH is 1. The number of rotatable bonds is 16. The summed E-state index contributed by atoms with van der Waals surface area (Å²) in [5.41, 5.74) is 1.48. The highest BCUT2D eigenvalue weighted by Gasteiger charge is 2.46. The predicted octanol–water partition coefficient (Wildman–Crippen LogP) is 6.60. The molecular weight excluding hydrogens is 599 g/mol. The van der Waals surface area contributed by atoms with E-state index >= 15 is 0 Å². The van der Waals surface area contributed by atoms with Crippen molar-refractivity contribution in [1.29, 1.82) is 0 Å². The zero-order valence-corrected chi connectivity index (χ0v) is 24.9. The fraction of sp³-hybridized carbons (Fsp3) is 0.233. The van der Waals surface area contributed by atoms with Gasteiger partial charge in [0, 0.05) is 9.75 Å². The number of esters is 1. The smallest absolute Gasteiger partial charge is 0.475 e. The number of hydrogen-bond donors (Lipinski definition) is 1. The van der Waals surface area contributed by atoms with Gasteiger partial charge in [-0.2, -0.15) is 0 Å². The fourth-order valence-corrected chi connectivity index (χ4v) is 6.51. The third-order valence-corrected chi connectivity index (χ3v) is 9.16. The average molecular weight is 629 g/mol. The number of carbonyl (C=O) groups is 1. The molecule has 0 spiro atoms. The van der Waals surface area contributed by atoms with Crippen molar-refractivity contribution < 1.29 is 42.2 Å². The molecule has 3 heterocycles. The van der Waals surface area contributed by atoms with Gasteiger partial charge in [-0.05, 0) is 34.0 Å². The second-order valence-corrected chi connectivity index (χ2v) is 12.7. The van der Waals surface area contributed by atoms with Crippen molar-refractivity contribution in [1.82, 2.24) is 0 Å². The maximum atomic E-state index is 14.0. The minimum absolute atomic E-state index is 0.0293. The summed E-state index contributed by atoms with van der Waals surface area (Å²) in [6.45, 7) is -0.610. The molecule has 2 atom stereocenters. The first-order chi connectivity index (χ1) is 20.5. The highest BCUT2D eigenvalue weighted by Crippen LogP contribution is 2.53. The summed E-state index contributed by atoms with van der Waals surface area (Å²) in [7, 11) is -4.33. The molecule has 12 heteroatoms. The van der Waals surface area contributed by atoms with Gasteiger partial charge >= 0.3 is 13.8 Å². The molecule has 4 aromatic rings. The number of phosphoric ester groups is 1. The Labute approximate surface area is 251 Å². The van der Waals surface area contributed by atoms with E-state index in [2.05, 4.69) is 0 Å². The van der Waals surface area contributed by atoms with Crippen LogP contribution in [-0.2, 0) is 63.6 Å². The lowest BCUT2D eigenvalue weighted by Gasteiger charge is -2.27. The molecule has 0 saturated heterocycles. The van der Waals surface area contributed by atoms with Crippen molar-refractivity contribution >= 4 is 36.5 Å². The molecule has 2 aromatic heterocycles. The van der Waals surface area contributed by atoms with Gasteiger partial charge in [0.2, 0.25) is 5.76 Å². The van der Waals surface area contributed by atoms with E-state index in [0.717, 1.165) is 20.9 Å². The Morgan fingerprint density at radius 1 is 0.762 bits per heavy atom. The molecule has 0 bridgehead atoms. The SMILES string of the molecule is O=C1O[C@H]([C@H](CO)OP(=O)(OCc2ccccc2)OCc2ccccc2)C(OCc2cccs2)=C1OCc1cccs1. The van der Waals surface area contributed by atoms with E-state index in [0.29, 0.717) is 0 Å². The van der Waals surface area contributed by atoms with Gasteiger partial charge in [-0.15, -0.1) is 22.7 Å². The summed E-state index contributed by atoms with van der Waals surface area (Å²) in [5.74, 6) is -0.899. The Kier molecular flexibility index (Phi) is 10.6. The summed E-state index contributed by atoms with van der Waals surface area (Å²) in [6.07, 6.45) is -2.62. The van der Waals surface area contributed by atoms with Gasteiger partial charge in [-0.25, -0.2) is 9.36 Å². The first-order valence-corrected chi connectivity index (χ1v) is 16.3. The van der Waals surface area contributed by atoms with Crippen molar-refractivity contribution in [3.63, 3.8) is 0 Å². The van der Waals surface area contributed by atoms with E-state index in [1.54, 1.807) is 24.3 Å². The number of thiophene rings is 2. The van der Waals surface area contributed by atoms with Crippen LogP contribution in [-0.4, -0.2) is 29.9 Å². The topological polar surface area (TPSA) is 110 Å². The molecule has 0 amide bonds. The van der Waals surface area contributed by atoms with Crippen LogP contribution in [0.2, 0.25) is 0 Å². The van der Waals surface area contributed by atoms with Crippen LogP contribution in [0.25, 0.3) is 0 Å². The third kappa shape index (κ3) is 8.17. The molecule has 0 aliphatic carbocycles. The van der Waals surface area contributed by atoms with Gasteiger partial charge in [0.25, 0.3) is 0 Å². The molecule has 1 N–H and O–H groups in total. The van der Waals surface area contributed by atoms with Crippen molar-refractivity contribution in [2.75, 3.05) is 6.61 Å². The van der Waals surface area contributed by atoms with Crippen molar-refractivity contribution in [3.8, 4) is 0 Å². The number of hydrogen-bond acceptors (Lipinski definition) is 11. The van der Waals surface area contributed by atoms with Crippen LogP contribution in [0.4, 0.5) is 0 Å². The highest BCUT2D eigenvalue weighted by atomic mass is 32.1. The van der Waals surface area contributed by atoms with Gasteiger partial charge in [-0.3, -0.25) is 13.6 Å². The van der Waals surface area contributed by atoms with Gasteiger partial charge < -0.3 is 19.3 Å². The van der Waals surface area contributed by atoms with Crippen LogP contribution in [0.1, 0.15) is 20.9 Å². The molecule has 1 aliphatic heterocycles. The Morgan fingerprint density at radius 3 is 1.81 bits per heavy atom. The lowest BCUT2D eigenvalue weighted by atomic mass is 10.2. The van der Waals surface area contributed by atoms with Crippen LogP contribution < -0.4 is 0 Å². The lowest BCUT2D eigenvalue weighted by molar-refractivity contribution is -0.148. The van der Waals surface area contributed by atoms with Gasteiger partial charge in [0.05, 0.1) is 19.8 Å². The first-order valence-electron chi connectivity index (χ1n) is 13.0. The second kappa shape index (κ2) is 14.8. The molecule has 0 unspecified atom stereocenters. The van der Waals surface area contributed by atoms with Crippen molar-refractivity contribution in [2.45, 2.75) is 38.6 Å². The molecule has 5 rings (SSSR count). The van der Waals surface area contributed by atoms with Crippen LogP contribution in [0.15, 0.2) is 107 Å². The first kappa shape index (κ1) is 30.2. The van der Waals surface area contributed by atoms with Gasteiger partial charge in [-0.1, -0.05) is 72.8 Å². The summed E-state index contributed by atoms with van der Waals surface area (Å²) >= 11 is 2.95. The van der Waals surface area contributed by atoms with E-state index in [-0.39, 0.29) is 37.9 Å². The van der Waals surface area contributed by atoms with Crippen LogP contribution in [0.5, 0.6) is 0 Å². The monoisotopic (exact) mass is 628 g/mol. The number of benzene rings is 2. The minimum Gasteiger partial charge on any atom is -0.484 e. The molecular formula is C30H29O9PS2. The molecule has 2 aromatic carbocycles. The minimum atomic E-state index is -4.33. The van der Waals surface area contributed by atoms with Gasteiger partial charge in [0.15, 0.2) is 11.9 Å². The van der Waals surface area contributed by atoms with E-state index in [1.165, 1.54) is 22.7 Å². The standard InChI is InChI=1S/C30H29O9PS2/c31-17-26(39-40(33,36-18-22-9-3-1-4-10-22)37-19-23-11-5-2-6-12-23)27-28(34-20-24-13-7-15-41-24)29(30(32)38-27)35-21-25-14-8-16-42-25/h1-16,26-27,31H,17-21H2/t26-,27+/m0/s1. The van der Waals surface area contributed by atoms with Gasteiger partial charge in [0.1, 0.15) is 19.3 Å². The molecule has 42 heavy (non-hydrogen) atoms. The summed E-state index contributed by atoms with van der Waals surface area (Å²) < 4.78 is 48.7. The summed E-state index contributed by atoms with van der Waals surface area (Å²) in [6, 6.07) is 25.7. The molecule has 0 saturated carbocycles. The Balaban J connectivity index is 1.38. The quantitative estimate of drug-likeness (QED) is 0.108. The van der Waals surface area contributed by atoms with Crippen LogP contribution in [0.3, 0.4) is 0 Å². The number of carbonyl (C=O) groups excluding carboxylic acids is 1. The van der Waals surface area contributed by atoms with E-state index in [4.69, 9.17) is 27.8 Å². The lowest BCUT2D eigenvalue weighted by Crippen LogP contribution is -2.35. The Hall–Kier alpha value is -3.28. The maximum absolute atomic E-state index is 14.0. The largest absolute Gasteiger partial charge is 0.484 e. The number of ether oxygens (including phenoxy) is 3. The number of phosphoric acid groups is 1. The fourth-order valence-electron chi connectivity index (χ4n) is 3.96. The third-order valence-electron chi connectivity index (χ3n) is 6.04.